The first-order valence-electron chi connectivity index (χ1n) is 3.50. The number of nitrogens with one attached hydrogen (secondary N) is 1. The van der Waals surface area contributed by atoms with Gasteiger partial charge in [0.15, 0.2) is 0 Å². The molecule has 78 valence electrons. The van der Waals surface area contributed by atoms with Gasteiger partial charge < -0.3 is 10.4 Å². The van der Waals surface area contributed by atoms with E-state index >= 15 is 0 Å². The smallest absolute Gasteiger partial charge is 0.441 e. The van der Waals surface area contributed by atoms with E-state index in [9.17, 15) is 18.0 Å². The molecule has 0 aliphatic rings. The summed E-state index contributed by atoms with van der Waals surface area (Å²) in [5.41, 5.74) is -4.24. The van der Waals surface area contributed by atoms with E-state index in [0.29, 0.717) is 0 Å². The molecule has 2 N–H and O–H groups in total. The summed E-state index contributed by atoms with van der Waals surface area (Å²) in [4.78, 5) is 10.2. The van der Waals surface area contributed by atoms with Crippen LogP contribution in [0.3, 0.4) is 0 Å². The molecule has 3 nitrogen and oxygen atoms in total. The Morgan fingerprint density at radius 3 is 2.54 bits per heavy atom. The maximum absolute atomic E-state index is 11.6. The molecule has 0 aliphatic carbocycles. The largest absolute Gasteiger partial charge is 0.480 e. The molecule has 0 saturated heterocycles. The van der Waals surface area contributed by atoms with Crippen molar-refractivity contribution in [1.29, 1.82) is 0 Å². The standard InChI is InChI=1S/C6H10F3NO2S/c1-4(5(11)12)10-2-3-13-6(7,8)9/h4,10H,2-3H2,1H3,(H,11,12). The van der Waals surface area contributed by atoms with Crippen molar-refractivity contribution in [2.75, 3.05) is 12.3 Å². The van der Waals surface area contributed by atoms with E-state index in [4.69, 9.17) is 5.11 Å². The van der Waals surface area contributed by atoms with Gasteiger partial charge in [0.05, 0.1) is 0 Å². The molecule has 1 atom stereocenters. The molecule has 0 aromatic heterocycles. The summed E-state index contributed by atoms with van der Waals surface area (Å²) in [5.74, 6) is -1.25. The van der Waals surface area contributed by atoms with Crippen LogP contribution in [0.4, 0.5) is 13.2 Å². The Hall–Kier alpha value is -0.430. The molecule has 0 amide bonds. The first-order valence-corrected chi connectivity index (χ1v) is 4.48. The number of carbonyl (C=O) groups is 1. The third-order valence-corrected chi connectivity index (χ3v) is 1.92. The lowest BCUT2D eigenvalue weighted by atomic mass is 10.3. The van der Waals surface area contributed by atoms with Gasteiger partial charge in [-0.05, 0) is 18.7 Å². The van der Waals surface area contributed by atoms with Gasteiger partial charge in [-0.1, -0.05) is 0 Å². The highest BCUT2D eigenvalue weighted by molar-refractivity contribution is 8.00. The van der Waals surface area contributed by atoms with E-state index in [0.717, 1.165) is 0 Å². The fourth-order valence-corrected chi connectivity index (χ4v) is 0.981. The van der Waals surface area contributed by atoms with Gasteiger partial charge in [-0.2, -0.15) is 13.2 Å². The number of rotatable bonds is 5. The highest BCUT2D eigenvalue weighted by Gasteiger charge is 2.27. The van der Waals surface area contributed by atoms with Crippen molar-refractivity contribution in [1.82, 2.24) is 5.32 Å². The first kappa shape index (κ1) is 12.6. The average molecular weight is 217 g/mol. The summed E-state index contributed by atoms with van der Waals surface area (Å²) in [6.45, 7) is 1.40. The van der Waals surface area contributed by atoms with Crippen LogP contribution in [0.2, 0.25) is 0 Å². The molecule has 0 heterocycles. The van der Waals surface area contributed by atoms with Gasteiger partial charge in [-0.3, -0.25) is 4.79 Å². The molecule has 0 fully saturated rings. The number of hydrogen-bond acceptors (Lipinski definition) is 3. The van der Waals surface area contributed by atoms with Crippen LogP contribution in [-0.2, 0) is 4.79 Å². The molecule has 0 bridgehead atoms. The Bertz CT molecular complexity index is 174. The van der Waals surface area contributed by atoms with Gasteiger partial charge in [0.2, 0.25) is 0 Å². The van der Waals surface area contributed by atoms with E-state index < -0.39 is 17.5 Å². The summed E-state index contributed by atoms with van der Waals surface area (Å²) >= 11 is -0.168. The topological polar surface area (TPSA) is 49.3 Å². The zero-order chi connectivity index (χ0) is 10.5. The summed E-state index contributed by atoms with van der Waals surface area (Å²) in [7, 11) is 0. The number of carboxylic acid groups (broad SMARTS) is 1. The minimum absolute atomic E-state index is 0.0254. The Balaban J connectivity index is 3.41. The fourth-order valence-electron chi connectivity index (χ4n) is 0.530. The Morgan fingerprint density at radius 1 is 1.62 bits per heavy atom. The third kappa shape index (κ3) is 7.92. The number of halogens is 3. The maximum atomic E-state index is 11.6. The Labute approximate surface area is 77.7 Å². The van der Waals surface area contributed by atoms with Crippen LogP contribution in [0.15, 0.2) is 0 Å². The first-order chi connectivity index (χ1) is 5.83. The SMILES string of the molecule is CC(NCCSC(F)(F)F)C(=O)O. The van der Waals surface area contributed by atoms with Crippen LogP contribution < -0.4 is 5.32 Å². The molecule has 0 aromatic rings. The van der Waals surface area contributed by atoms with E-state index in [-0.39, 0.29) is 24.1 Å². The highest BCUT2D eigenvalue weighted by atomic mass is 32.2. The molecule has 0 saturated carbocycles. The van der Waals surface area contributed by atoms with Crippen LogP contribution in [-0.4, -0.2) is 34.9 Å². The lowest BCUT2D eigenvalue weighted by molar-refractivity contribution is -0.138. The monoisotopic (exact) mass is 217 g/mol. The second kappa shape index (κ2) is 5.33. The predicted octanol–water partition coefficient (Wildman–Crippen LogP) is 1.30. The maximum Gasteiger partial charge on any atom is 0.441 e. The molecule has 0 radical (unpaired) electrons. The van der Waals surface area contributed by atoms with Gasteiger partial charge in [0.1, 0.15) is 6.04 Å². The van der Waals surface area contributed by atoms with E-state index in [2.05, 4.69) is 5.32 Å². The molecular formula is C6H10F3NO2S. The summed E-state index contributed by atoms with van der Waals surface area (Å²) in [5, 5.41) is 10.8. The van der Waals surface area contributed by atoms with Gasteiger partial charge in [-0.15, -0.1) is 0 Å². The lowest BCUT2D eigenvalue weighted by Gasteiger charge is -2.09. The van der Waals surface area contributed by atoms with Crippen molar-refractivity contribution < 1.29 is 23.1 Å². The van der Waals surface area contributed by atoms with Crippen LogP contribution >= 0.6 is 11.8 Å². The molecule has 0 aliphatic heterocycles. The third-order valence-electron chi connectivity index (χ3n) is 1.19. The quantitative estimate of drug-likeness (QED) is 0.681. The Morgan fingerprint density at radius 2 is 2.15 bits per heavy atom. The summed E-state index contributed by atoms with van der Waals surface area (Å²) < 4.78 is 34.7. The van der Waals surface area contributed by atoms with Crippen LogP contribution in [0, 0.1) is 0 Å². The van der Waals surface area contributed by atoms with E-state index in [1.54, 1.807) is 0 Å². The zero-order valence-electron chi connectivity index (χ0n) is 6.89. The summed E-state index contributed by atoms with van der Waals surface area (Å²) in [6.07, 6.45) is 0. The second-order valence-corrected chi connectivity index (χ2v) is 3.47. The minimum atomic E-state index is -4.24. The number of thioether (sulfide) groups is 1. The Kier molecular flexibility index (Phi) is 5.16. The normalized spacial score (nSPS) is 14.2. The average Bonchev–Trinajstić information content (AvgIpc) is 1.95. The highest BCUT2D eigenvalue weighted by Crippen LogP contribution is 2.29. The number of alkyl halides is 3. The van der Waals surface area contributed by atoms with Gasteiger partial charge >= 0.3 is 11.5 Å². The van der Waals surface area contributed by atoms with Crippen LogP contribution in [0.5, 0.6) is 0 Å². The van der Waals surface area contributed by atoms with Gasteiger partial charge in [0.25, 0.3) is 0 Å². The molecule has 0 spiro atoms. The predicted molar refractivity (Wildman–Crippen MR) is 43.6 cm³/mol. The molecule has 0 aromatic carbocycles. The van der Waals surface area contributed by atoms with Crippen molar-refractivity contribution in [3.8, 4) is 0 Å². The van der Waals surface area contributed by atoms with E-state index in [1.807, 2.05) is 0 Å². The molecule has 13 heavy (non-hydrogen) atoms. The second-order valence-electron chi connectivity index (χ2n) is 2.31. The summed E-state index contributed by atoms with van der Waals surface area (Å²) in [6, 6.07) is -0.811. The van der Waals surface area contributed by atoms with Crippen molar-refractivity contribution in [3.05, 3.63) is 0 Å². The van der Waals surface area contributed by atoms with Gasteiger partial charge in [-0.25, -0.2) is 0 Å². The molecule has 7 heteroatoms. The number of aliphatic carboxylic acids is 1. The minimum Gasteiger partial charge on any atom is -0.480 e. The molecular weight excluding hydrogens is 207 g/mol. The van der Waals surface area contributed by atoms with Crippen molar-refractivity contribution in [2.24, 2.45) is 0 Å². The van der Waals surface area contributed by atoms with Gasteiger partial charge in [0, 0.05) is 12.3 Å². The van der Waals surface area contributed by atoms with Crippen LogP contribution in [0.1, 0.15) is 6.92 Å². The number of carboxylic acids is 1. The van der Waals surface area contributed by atoms with Crippen LogP contribution in [0.25, 0.3) is 0 Å². The number of hydrogen-bond donors (Lipinski definition) is 2. The van der Waals surface area contributed by atoms with E-state index in [1.165, 1.54) is 6.92 Å². The zero-order valence-corrected chi connectivity index (χ0v) is 7.71. The molecule has 1 unspecified atom stereocenters. The van der Waals surface area contributed by atoms with Crippen molar-refractivity contribution in [2.45, 2.75) is 18.5 Å². The van der Waals surface area contributed by atoms with Crippen molar-refractivity contribution in [3.63, 3.8) is 0 Å². The fraction of sp³-hybridized carbons (Fsp3) is 0.833. The molecule has 0 rings (SSSR count). The van der Waals surface area contributed by atoms with Crippen molar-refractivity contribution >= 4 is 17.7 Å². The lowest BCUT2D eigenvalue weighted by Crippen LogP contribution is -2.35.